The fourth-order valence-corrected chi connectivity index (χ4v) is 4.79. The lowest BCUT2D eigenvalue weighted by molar-refractivity contribution is -0.129. The van der Waals surface area contributed by atoms with Crippen molar-refractivity contribution in [2.75, 3.05) is 26.9 Å². The molecule has 2 aromatic heterocycles. The second-order valence-electron chi connectivity index (χ2n) is 7.44. The predicted molar refractivity (Wildman–Crippen MR) is 136 cm³/mol. The van der Waals surface area contributed by atoms with Crippen LogP contribution in [0.25, 0.3) is 16.6 Å². The highest BCUT2D eigenvalue weighted by Crippen LogP contribution is 2.39. The Bertz CT molecular complexity index is 1420. The van der Waals surface area contributed by atoms with Crippen LogP contribution in [0.4, 0.5) is 0 Å². The summed E-state index contributed by atoms with van der Waals surface area (Å²) in [4.78, 5) is 47.3. The van der Waals surface area contributed by atoms with E-state index >= 15 is 0 Å². The third-order valence-corrected chi connectivity index (χ3v) is 6.27. The van der Waals surface area contributed by atoms with Crippen molar-refractivity contribution in [3.8, 4) is 17.3 Å². The normalized spacial score (nSPS) is 12.4. The molecule has 0 spiro atoms. The number of halogens is 3. The molecule has 0 aliphatic heterocycles. The van der Waals surface area contributed by atoms with Gasteiger partial charge in [-0.3, -0.25) is 14.1 Å². The van der Waals surface area contributed by atoms with Crippen molar-refractivity contribution in [1.82, 2.24) is 14.9 Å². The number of fused-ring (bicyclic) bond motifs is 1. The average molecular weight is 597 g/mol. The minimum atomic E-state index is -5.05. The summed E-state index contributed by atoms with van der Waals surface area (Å²) in [6, 6.07) is 4.21. The monoisotopic (exact) mass is 595 g/mol. The Hall–Kier alpha value is -2.41. The topological polar surface area (TPSA) is 169 Å². The molecule has 0 saturated heterocycles. The summed E-state index contributed by atoms with van der Waals surface area (Å²) < 4.78 is 28.2. The fraction of sp³-hybridized carbons (Fsp3) is 0.286. The number of aliphatic hydroxyl groups is 1. The minimum Gasteiger partial charge on any atom is -0.491 e. The average Bonchev–Trinajstić information content (AvgIpc) is 2.81. The molecule has 1 amide bonds. The first kappa shape index (κ1) is 29.2. The first-order valence-corrected chi connectivity index (χ1v) is 13.1. The molecule has 12 nitrogen and oxygen atoms in total. The second-order valence-corrected chi connectivity index (χ2v) is 9.85. The van der Waals surface area contributed by atoms with Crippen LogP contribution in [0.1, 0.15) is 5.69 Å². The Morgan fingerprint density at radius 2 is 1.81 bits per heavy atom. The van der Waals surface area contributed by atoms with Gasteiger partial charge in [0.2, 0.25) is 5.88 Å². The number of rotatable bonds is 10. The van der Waals surface area contributed by atoms with Gasteiger partial charge < -0.3 is 34.3 Å². The van der Waals surface area contributed by atoms with Gasteiger partial charge in [-0.25, -0.2) is 9.55 Å². The van der Waals surface area contributed by atoms with E-state index in [4.69, 9.17) is 59.2 Å². The molecule has 4 N–H and O–H groups in total. The molecule has 3 aromatic rings. The zero-order valence-corrected chi connectivity index (χ0v) is 22.4. The molecule has 0 unspecified atom stereocenters. The fourth-order valence-electron chi connectivity index (χ4n) is 3.44. The maximum Gasteiger partial charge on any atom is 0.470 e. The zero-order valence-electron chi connectivity index (χ0n) is 19.3. The summed E-state index contributed by atoms with van der Waals surface area (Å²) >= 11 is 19.5. The van der Waals surface area contributed by atoms with E-state index in [1.165, 1.54) is 36.0 Å². The molecular weight excluding hydrogens is 576 g/mol. The largest absolute Gasteiger partial charge is 0.491 e. The highest BCUT2D eigenvalue weighted by atomic mass is 35.5. The second kappa shape index (κ2) is 12.0. The van der Waals surface area contributed by atoms with Crippen molar-refractivity contribution < 1.29 is 38.3 Å². The van der Waals surface area contributed by atoms with Crippen molar-refractivity contribution in [3.05, 3.63) is 55.4 Å². The molecule has 37 heavy (non-hydrogen) atoms. The number of aromatic nitrogens is 2. The predicted octanol–water partition coefficient (Wildman–Crippen LogP) is 2.63. The van der Waals surface area contributed by atoms with E-state index in [9.17, 15) is 14.2 Å². The van der Waals surface area contributed by atoms with Crippen LogP contribution >= 0.6 is 42.6 Å². The van der Waals surface area contributed by atoms with E-state index in [-0.39, 0.29) is 50.8 Å². The Kier molecular flexibility index (Phi) is 9.43. The van der Waals surface area contributed by atoms with Gasteiger partial charge in [-0.1, -0.05) is 34.8 Å². The molecule has 0 fully saturated rings. The number of amides is 1. The lowest BCUT2D eigenvalue weighted by Crippen LogP contribution is -2.38. The lowest BCUT2D eigenvalue weighted by atomic mass is 10.2. The van der Waals surface area contributed by atoms with Crippen LogP contribution in [-0.4, -0.2) is 63.3 Å². The van der Waals surface area contributed by atoms with Gasteiger partial charge in [0.25, 0.3) is 5.91 Å². The lowest BCUT2D eigenvalue weighted by Gasteiger charge is -2.21. The van der Waals surface area contributed by atoms with Crippen LogP contribution in [-0.2, 0) is 13.9 Å². The van der Waals surface area contributed by atoms with Gasteiger partial charge in [0.05, 0.1) is 39.1 Å². The van der Waals surface area contributed by atoms with Crippen molar-refractivity contribution >= 4 is 59.4 Å². The van der Waals surface area contributed by atoms with Gasteiger partial charge >= 0.3 is 7.82 Å². The van der Waals surface area contributed by atoms with Gasteiger partial charge in [0, 0.05) is 30.9 Å². The zero-order chi connectivity index (χ0) is 27.5. The molecule has 0 saturated carbocycles. The molecule has 0 radical (unpaired) electrons. The molecule has 16 heteroatoms. The molecule has 0 aliphatic carbocycles. The quantitative estimate of drug-likeness (QED) is 0.255. The van der Waals surface area contributed by atoms with Crippen molar-refractivity contribution in [2.45, 2.75) is 13.0 Å². The number of aryl methyl sites for hydroxylation is 1. The molecule has 0 aliphatic rings. The summed E-state index contributed by atoms with van der Waals surface area (Å²) in [5.74, 6) is -0.855. The van der Waals surface area contributed by atoms with Gasteiger partial charge in [0.1, 0.15) is 24.3 Å². The number of benzene rings is 1. The summed E-state index contributed by atoms with van der Waals surface area (Å²) in [6.07, 6.45) is -0.533. The number of aliphatic hydroxyl groups excluding tert-OH is 1. The molecule has 200 valence electrons. The SMILES string of the molecule is CNC(=O)[C@@H](COc1ncc(Cl)c2c1c(=O)cc(C)n2-c1c(Cl)cc(OCCO)cc1Cl)OP(=O)(O)O. The maximum atomic E-state index is 13.0. The highest BCUT2D eigenvalue weighted by Gasteiger charge is 2.29. The molecule has 1 atom stereocenters. The van der Waals surface area contributed by atoms with Crippen LogP contribution < -0.4 is 20.2 Å². The Morgan fingerprint density at radius 1 is 1.16 bits per heavy atom. The maximum absolute atomic E-state index is 13.0. The third kappa shape index (κ3) is 6.73. The van der Waals surface area contributed by atoms with Crippen LogP contribution in [0.5, 0.6) is 11.6 Å². The number of likely N-dealkylation sites (N-methyl/N-ethyl adjacent to an activating group) is 1. The van der Waals surface area contributed by atoms with E-state index in [1.807, 2.05) is 0 Å². The summed E-state index contributed by atoms with van der Waals surface area (Å²) in [5.41, 5.74) is 0.236. The molecule has 0 bridgehead atoms. The number of nitrogens with one attached hydrogen (secondary N) is 1. The van der Waals surface area contributed by atoms with E-state index in [0.29, 0.717) is 11.4 Å². The number of ether oxygens (including phenoxy) is 2. The number of pyridine rings is 2. The van der Waals surface area contributed by atoms with Crippen LogP contribution in [0.3, 0.4) is 0 Å². The van der Waals surface area contributed by atoms with Crippen LogP contribution in [0.2, 0.25) is 15.1 Å². The standard InChI is InChI=1S/C21H21Cl3N3O9P/c1-10-5-15(29)17-19(27(10)18-12(22)6-11(7-13(18)23)34-4-3-28)14(24)8-26-21(17)35-9-16(20(30)25-2)36-37(31,32)33/h5-8,16,28H,3-4,9H2,1-2H3,(H,25,30)(H2,31,32,33)/t16-/m1/s1. The van der Waals surface area contributed by atoms with E-state index < -0.39 is 31.9 Å². The smallest absolute Gasteiger partial charge is 0.470 e. The van der Waals surface area contributed by atoms with Crippen LogP contribution in [0.15, 0.2) is 29.2 Å². The third-order valence-electron chi connectivity index (χ3n) is 4.88. The van der Waals surface area contributed by atoms with Crippen LogP contribution in [0, 0.1) is 6.92 Å². The van der Waals surface area contributed by atoms with E-state index in [0.717, 1.165) is 0 Å². The van der Waals surface area contributed by atoms with Crippen molar-refractivity contribution in [1.29, 1.82) is 0 Å². The van der Waals surface area contributed by atoms with E-state index in [2.05, 4.69) is 14.8 Å². The highest BCUT2D eigenvalue weighted by molar-refractivity contribution is 7.46. The number of phosphoric acid groups is 1. The van der Waals surface area contributed by atoms with E-state index in [1.54, 1.807) is 6.92 Å². The number of carbonyl (C=O) groups is 1. The summed E-state index contributed by atoms with van der Waals surface area (Å²) in [6.45, 7) is 0.732. The number of phosphoric ester groups is 1. The Labute approximate surface area is 224 Å². The number of hydrogen-bond acceptors (Lipinski definition) is 8. The van der Waals surface area contributed by atoms with Gasteiger partial charge in [-0.15, -0.1) is 0 Å². The first-order valence-electron chi connectivity index (χ1n) is 10.4. The molecular formula is C21H21Cl3N3O9P. The minimum absolute atomic E-state index is 0.0208. The van der Waals surface area contributed by atoms with Crippen molar-refractivity contribution in [3.63, 3.8) is 0 Å². The summed E-state index contributed by atoms with van der Waals surface area (Å²) in [5, 5.41) is 11.4. The van der Waals surface area contributed by atoms with Crippen molar-refractivity contribution in [2.24, 2.45) is 0 Å². The Balaban J connectivity index is 2.17. The van der Waals surface area contributed by atoms with Gasteiger partial charge in [-0.05, 0) is 6.92 Å². The number of hydrogen-bond donors (Lipinski definition) is 4. The molecule has 1 aromatic carbocycles. The first-order chi connectivity index (χ1) is 17.4. The van der Waals surface area contributed by atoms with Gasteiger partial charge in [-0.2, -0.15) is 0 Å². The summed E-state index contributed by atoms with van der Waals surface area (Å²) in [7, 11) is -3.81. The number of nitrogens with zero attached hydrogens (tertiary/aromatic N) is 2. The number of carbonyl (C=O) groups excluding carboxylic acids is 1. The Morgan fingerprint density at radius 3 is 2.38 bits per heavy atom. The molecule has 3 rings (SSSR count). The van der Waals surface area contributed by atoms with Gasteiger partial charge in [0.15, 0.2) is 11.5 Å². The molecule has 2 heterocycles.